The molecule has 0 spiro atoms. The molecule has 8 heteroatoms. The molecule has 1 aliphatic rings. The summed E-state index contributed by atoms with van der Waals surface area (Å²) in [6.45, 7) is -0.0964. The van der Waals surface area contributed by atoms with Crippen molar-refractivity contribution in [2.45, 2.75) is 6.54 Å². The number of fused-ring (bicyclic) bond motifs is 2. The fourth-order valence-electron chi connectivity index (χ4n) is 3.71. The first-order valence-electron chi connectivity index (χ1n) is 10.1. The third kappa shape index (κ3) is 4.06. The monoisotopic (exact) mass is 460 g/mol. The molecule has 0 saturated heterocycles. The first-order valence-corrected chi connectivity index (χ1v) is 10.5. The van der Waals surface area contributed by atoms with E-state index < -0.39 is 11.2 Å². The Hall–Kier alpha value is -4.10. The summed E-state index contributed by atoms with van der Waals surface area (Å²) in [6.07, 6.45) is 1.42. The largest absolute Gasteiger partial charge is 0.454 e. The summed E-state index contributed by atoms with van der Waals surface area (Å²) < 4.78 is 12.4. The number of aromatic nitrogens is 1. The van der Waals surface area contributed by atoms with Gasteiger partial charge in [-0.05, 0) is 30.3 Å². The second-order valence-electron chi connectivity index (χ2n) is 7.47. The van der Waals surface area contributed by atoms with Gasteiger partial charge in [0.25, 0.3) is 0 Å². The fraction of sp³-hybridized carbons (Fsp3) is 0.0800. The van der Waals surface area contributed by atoms with Gasteiger partial charge in [0.2, 0.25) is 18.1 Å². The van der Waals surface area contributed by atoms with Crippen LogP contribution in [0.5, 0.6) is 11.5 Å². The Morgan fingerprint density at radius 2 is 1.67 bits per heavy atom. The van der Waals surface area contributed by atoms with Crippen LogP contribution in [0.4, 0.5) is 5.69 Å². The van der Waals surface area contributed by atoms with Gasteiger partial charge in [0, 0.05) is 28.5 Å². The average molecular weight is 461 g/mol. The quantitative estimate of drug-likeness (QED) is 0.450. The van der Waals surface area contributed by atoms with Crippen molar-refractivity contribution >= 4 is 39.9 Å². The van der Waals surface area contributed by atoms with Crippen molar-refractivity contribution in [2.24, 2.45) is 0 Å². The fourth-order valence-corrected chi connectivity index (χ4v) is 3.83. The Balaban J connectivity index is 1.59. The number of halogens is 1. The van der Waals surface area contributed by atoms with Gasteiger partial charge in [-0.1, -0.05) is 41.9 Å². The summed E-state index contributed by atoms with van der Waals surface area (Å²) in [5.74, 6) is 0.127. The summed E-state index contributed by atoms with van der Waals surface area (Å²) >= 11 is 5.90. The highest BCUT2D eigenvalue weighted by Crippen LogP contribution is 2.35. The molecule has 0 unspecified atom stereocenters. The van der Waals surface area contributed by atoms with Crippen molar-refractivity contribution in [2.75, 3.05) is 12.1 Å². The van der Waals surface area contributed by atoms with E-state index in [0.717, 1.165) is 0 Å². The zero-order valence-corrected chi connectivity index (χ0v) is 18.0. The number of ketones is 1. The van der Waals surface area contributed by atoms with Gasteiger partial charge in [0.05, 0.1) is 16.5 Å². The van der Waals surface area contributed by atoms with Gasteiger partial charge < -0.3 is 19.4 Å². The van der Waals surface area contributed by atoms with E-state index >= 15 is 0 Å². The number of amides is 1. The normalized spacial score (nSPS) is 12.0. The maximum atomic E-state index is 13.3. The molecule has 1 aliphatic heterocycles. The number of nitrogens with zero attached hydrogens (tertiary/aromatic N) is 1. The lowest BCUT2D eigenvalue weighted by Crippen LogP contribution is -2.24. The van der Waals surface area contributed by atoms with Crippen molar-refractivity contribution in [3.05, 3.63) is 99.3 Å². The van der Waals surface area contributed by atoms with Crippen LogP contribution < -0.4 is 20.2 Å². The molecular weight excluding hydrogens is 444 g/mol. The number of anilines is 1. The molecule has 0 radical (unpaired) electrons. The minimum Gasteiger partial charge on any atom is -0.454 e. The molecule has 1 N–H and O–H groups in total. The summed E-state index contributed by atoms with van der Waals surface area (Å²) in [5, 5.41) is 3.61. The number of hydrogen-bond donors (Lipinski definition) is 1. The van der Waals surface area contributed by atoms with Gasteiger partial charge in [-0.25, -0.2) is 0 Å². The van der Waals surface area contributed by atoms with E-state index in [1.54, 1.807) is 71.3 Å². The third-order valence-electron chi connectivity index (χ3n) is 5.30. The second-order valence-corrected chi connectivity index (χ2v) is 7.91. The van der Waals surface area contributed by atoms with Crippen LogP contribution >= 0.6 is 11.6 Å². The molecule has 1 amide bonds. The van der Waals surface area contributed by atoms with Crippen molar-refractivity contribution in [1.29, 1.82) is 0 Å². The summed E-state index contributed by atoms with van der Waals surface area (Å²) in [7, 11) is 0. The van der Waals surface area contributed by atoms with Gasteiger partial charge >= 0.3 is 0 Å². The highest BCUT2D eigenvalue weighted by molar-refractivity contribution is 6.30. The molecule has 5 rings (SSSR count). The first-order chi connectivity index (χ1) is 16.0. The number of carbonyl (C=O) groups excluding carboxylic acids is 2. The predicted molar refractivity (Wildman–Crippen MR) is 124 cm³/mol. The molecule has 2 heterocycles. The zero-order chi connectivity index (χ0) is 22.9. The van der Waals surface area contributed by atoms with Crippen molar-refractivity contribution in [1.82, 2.24) is 4.57 Å². The standard InChI is InChI=1S/C25H17ClN2O5/c26-16-6-8-17(9-7-16)27-23(29)13-28-12-19(24(30)15-4-2-1-3-5-15)25(31)18-10-21-22(11-20(18)28)33-14-32-21/h1-12H,13-14H2,(H,27,29). The molecule has 0 saturated carbocycles. The molecule has 3 aromatic carbocycles. The minimum atomic E-state index is -0.438. The smallest absolute Gasteiger partial charge is 0.244 e. The third-order valence-corrected chi connectivity index (χ3v) is 5.55. The van der Waals surface area contributed by atoms with Gasteiger partial charge in [0.1, 0.15) is 6.54 Å². The molecular formula is C25H17ClN2O5. The number of rotatable bonds is 5. The molecule has 0 aliphatic carbocycles. The minimum absolute atomic E-state index is 0.0344. The van der Waals surface area contributed by atoms with Gasteiger partial charge in [-0.2, -0.15) is 0 Å². The van der Waals surface area contributed by atoms with E-state index in [-0.39, 0.29) is 30.2 Å². The number of carbonyl (C=O) groups is 2. The zero-order valence-electron chi connectivity index (χ0n) is 17.2. The van der Waals surface area contributed by atoms with E-state index in [9.17, 15) is 14.4 Å². The van der Waals surface area contributed by atoms with Gasteiger partial charge in [0.15, 0.2) is 17.3 Å². The maximum Gasteiger partial charge on any atom is 0.244 e. The molecule has 33 heavy (non-hydrogen) atoms. The van der Waals surface area contributed by atoms with Crippen LogP contribution in [0.25, 0.3) is 10.9 Å². The lowest BCUT2D eigenvalue weighted by Gasteiger charge is -2.14. The summed E-state index contributed by atoms with van der Waals surface area (Å²) in [5.41, 5.74) is 0.943. The van der Waals surface area contributed by atoms with E-state index in [0.29, 0.717) is 33.3 Å². The second kappa shape index (κ2) is 8.44. The molecule has 1 aromatic heterocycles. The number of nitrogens with one attached hydrogen (secondary N) is 1. The number of benzene rings is 3. The summed E-state index contributed by atoms with van der Waals surface area (Å²) in [6, 6.07) is 18.4. The lowest BCUT2D eigenvalue weighted by molar-refractivity contribution is -0.116. The van der Waals surface area contributed by atoms with Crippen LogP contribution in [0.3, 0.4) is 0 Å². The lowest BCUT2D eigenvalue weighted by atomic mass is 10.0. The number of pyridine rings is 1. The van der Waals surface area contributed by atoms with Crippen molar-refractivity contribution in [3.63, 3.8) is 0 Å². The highest BCUT2D eigenvalue weighted by atomic mass is 35.5. The first kappa shape index (κ1) is 20.8. The van der Waals surface area contributed by atoms with Crippen molar-refractivity contribution in [3.8, 4) is 11.5 Å². The average Bonchev–Trinajstić information content (AvgIpc) is 3.29. The molecule has 7 nitrogen and oxygen atoms in total. The van der Waals surface area contributed by atoms with Crippen LogP contribution in [-0.4, -0.2) is 23.1 Å². The van der Waals surface area contributed by atoms with E-state index in [1.807, 2.05) is 0 Å². The Morgan fingerprint density at radius 3 is 2.39 bits per heavy atom. The molecule has 4 aromatic rings. The van der Waals surface area contributed by atoms with Crippen molar-refractivity contribution < 1.29 is 19.1 Å². The maximum absolute atomic E-state index is 13.3. The van der Waals surface area contributed by atoms with Crippen LogP contribution in [0, 0.1) is 0 Å². The SMILES string of the molecule is O=C(Cn1cc(C(=O)c2ccccc2)c(=O)c2cc3c(cc21)OCO3)Nc1ccc(Cl)cc1. The highest BCUT2D eigenvalue weighted by Gasteiger charge is 2.22. The van der Waals surface area contributed by atoms with E-state index in [4.69, 9.17) is 21.1 Å². The number of hydrogen-bond acceptors (Lipinski definition) is 5. The van der Waals surface area contributed by atoms with Crippen LogP contribution in [0.1, 0.15) is 15.9 Å². The van der Waals surface area contributed by atoms with Crippen LogP contribution in [0.15, 0.2) is 77.7 Å². The molecule has 0 fully saturated rings. The van der Waals surface area contributed by atoms with Crippen LogP contribution in [0.2, 0.25) is 5.02 Å². The van der Waals surface area contributed by atoms with Crippen LogP contribution in [-0.2, 0) is 11.3 Å². The predicted octanol–water partition coefficient (Wildman–Crippen LogP) is 4.25. The number of ether oxygens (including phenoxy) is 2. The topological polar surface area (TPSA) is 86.6 Å². The molecule has 0 atom stereocenters. The Bertz CT molecular complexity index is 1450. The van der Waals surface area contributed by atoms with E-state index in [1.165, 1.54) is 6.20 Å². The summed E-state index contributed by atoms with van der Waals surface area (Å²) in [4.78, 5) is 39.2. The van der Waals surface area contributed by atoms with E-state index in [2.05, 4.69) is 5.32 Å². The van der Waals surface area contributed by atoms with Gasteiger partial charge in [-0.3, -0.25) is 14.4 Å². The Morgan fingerprint density at radius 1 is 0.970 bits per heavy atom. The molecule has 0 bridgehead atoms. The van der Waals surface area contributed by atoms with Gasteiger partial charge in [-0.15, -0.1) is 0 Å². The Kier molecular flexibility index (Phi) is 5.32. The Labute approximate surface area is 193 Å². The molecule has 164 valence electrons.